The molecule has 308 valence electrons. The van der Waals surface area contributed by atoms with Gasteiger partial charge >= 0.3 is 0 Å². The van der Waals surface area contributed by atoms with Crippen LogP contribution in [0.25, 0.3) is 77.3 Å². The highest BCUT2D eigenvalue weighted by Gasteiger charge is 2.38. The minimum absolute atomic E-state index is 0.126. The molecule has 0 fully saturated rings. The number of aliphatic imine (C=N–C) groups is 1. The summed E-state index contributed by atoms with van der Waals surface area (Å²) in [5.74, 6) is 0. The zero-order chi connectivity index (χ0) is 43.1. The highest BCUT2D eigenvalue weighted by atomic mass is 16.3. The monoisotopic (exact) mass is 825 g/mol. The molecule has 2 aromatic heterocycles. The molecule has 0 N–H and O–H groups in total. The Morgan fingerprint density at radius 1 is 0.531 bits per heavy atom. The Balaban J connectivity index is 0.990. The Morgan fingerprint density at radius 3 is 2.06 bits per heavy atom. The van der Waals surface area contributed by atoms with Gasteiger partial charge in [0.1, 0.15) is 11.2 Å². The van der Waals surface area contributed by atoms with E-state index in [1.54, 1.807) is 0 Å². The molecule has 64 heavy (non-hydrogen) atoms. The molecule has 0 saturated carbocycles. The van der Waals surface area contributed by atoms with Crippen LogP contribution in [0.3, 0.4) is 0 Å². The van der Waals surface area contributed by atoms with Gasteiger partial charge in [-0.15, -0.1) is 0 Å². The van der Waals surface area contributed by atoms with Gasteiger partial charge in [-0.1, -0.05) is 149 Å². The zero-order valence-electron chi connectivity index (χ0n) is 36.8. The summed E-state index contributed by atoms with van der Waals surface area (Å²) in [6, 6.07) is 53.7. The molecule has 4 nitrogen and oxygen atoms in total. The van der Waals surface area contributed by atoms with E-state index in [9.17, 15) is 0 Å². The van der Waals surface area contributed by atoms with Gasteiger partial charge in [0.2, 0.25) is 6.29 Å². The second-order valence-electron chi connectivity index (χ2n) is 19.1. The average molecular weight is 826 g/mol. The number of allylic oxidation sites excluding steroid dienone is 7. The van der Waals surface area contributed by atoms with Gasteiger partial charge in [0.15, 0.2) is 0 Å². The fourth-order valence-corrected chi connectivity index (χ4v) is 11.5. The van der Waals surface area contributed by atoms with Crippen LogP contribution in [-0.2, 0) is 10.8 Å². The van der Waals surface area contributed by atoms with E-state index in [0.717, 1.165) is 61.9 Å². The molecule has 7 aromatic carbocycles. The minimum atomic E-state index is -0.364. The number of benzene rings is 7. The van der Waals surface area contributed by atoms with Crippen molar-refractivity contribution in [1.29, 1.82) is 0 Å². The Hall–Kier alpha value is -7.43. The maximum atomic E-state index is 6.21. The van der Waals surface area contributed by atoms with Crippen molar-refractivity contribution in [1.82, 2.24) is 9.47 Å². The first kappa shape index (κ1) is 37.2. The minimum Gasteiger partial charge on any atom is -0.456 e. The molecular weight excluding hydrogens is 779 g/mol. The van der Waals surface area contributed by atoms with Crippen LogP contribution < -0.4 is 0 Å². The van der Waals surface area contributed by atoms with E-state index in [0.29, 0.717) is 0 Å². The highest BCUT2D eigenvalue weighted by Crippen LogP contribution is 2.51. The molecule has 0 spiro atoms. The van der Waals surface area contributed by atoms with Gasteiger partial charge in [-0.05, 0) is 122 Å². The number of para-hydroxylation sites is 2. The van der Waals surface area contributed by atoms with Crippen molar-refractivity contribution in [3.8, 4) is 22.3 Å². The van der Waals surface area contributed by atoms with Crippen molar-refractivity contribution < 1.29 is 4.42 Å². The van der Waals surface area contributed by atoms with E-state index in [4.69, 9.17) is 9.41 Å². The molecule has 0 saturated heterocycles. The lowest BCUT2D eigenvalue weighted by Gasteiger charge is -2.35. The van der Waals surface area contributed by atoms with Gasteiger partial charge in [0.05, 0.1) is 16.7 Å². The quantitative estimate of drug-likeness (QED) is 0.177. The van der Waals surface area contributed by atoms with Gasteiger partial charge in [0, 0.05) is 50.7 Å². The molecule has 0 bridgehead atoms. The SMILES string of the molecule is CN1C(c2ccc3c(c2)C(C)(C)C2=C3C=CCC=C2)=CC(c2ccc3c(c2)C(C)(C)c2ccccc2-3)=NC1n1c2ccccc2c2cc(-c3ccc4oc5ccccc5c4c3)ccc21. The summed E-state index contributed by atoms with van der Waals surface area (Å²) in [6.45, 7) is 9.47. The van der Waals surface area contributed by atoms with Crippen LogP contribution in [0, 0.1) is 0 Å². The van der Waals surface area contributed by atoms with Gasteiger partial charge < -0.3 is 13.9 Å². The van der Waals surface area contributed by atoms with Crippen LogP contribution in [0.2, 0.25) is 0 Å². The zero-order valence-corrected chi connectivity index (χ0v) is 36.8. The second kappa shape index (κ2) is 13.3. The lowest BCUT2D eigenvalue weighted by Crippen LogP contribution is -2.31. The lowest BCUT2D eigenvalue weighted by molar-refractivity contribution is 0.282. The van der Waals surface area contributed by atoms with Crippen LogP contribution in [0.1, 0.15) is 73.8 Å². The van der Waals surface area contributed by atoms with Crippen LogP contribution in [0.15, 0.2) is 191 Å². The molecule has 0 radical (unpaired) electrons. The van der Waals surface area contributed by atoms with E-state index in [1.165, 1.54) is 66.4 Å². The molecule has 1 unspecified atom stereocenters. The van der Waals surface area contributed by atoms with E-state index in [2.05, 4.69) is 208 Å². The molecule has 13 rings (SSSR count). The van der Waals surface area contributed by atoms with Crippen LogP contribution in [0.4, 0.5) is 0 Å². The van der Waals surface area contributed by atoms with Crippen molar-refractivity contribution in [2.75, 3.05) is 7.05 Å². The predicted octanol–water partition coefficient (Wildman–Crippen LogP) is 15.2. The maximum absolute atomic E-state index is 6.21. The predicted molar refractivity (Wildman–Crippen MR) is 267 cm³/mol. The van der Waals surface area contributed by atoms with Gasteiger partial charge in [-0.25, -0.2) is 4.99 Å². The van der Waals surface area contributed by atoms with Crippen molar-refractivity contribution >= 4 is 60.7 Å². The molecule has 0 amide bonds. The van der Waals surface area contributed by atoms with Crippen molar-refractivity contribution in [3.63, 3.8) is 0 Å². The molecule has 4 heteroatoms. The van der Waals surface area contributed by atoms with Crippen molar-refractivity contribution in [2.24, 2.45) is 4.99 Å². The molecule has 3 heterocycles. The first-order valence-electron chi connectivity index (χ1n) is 22.6. The summed E-state index contributed by atoms with van der Waals surface area (Å²) < 4.78 is 8.66. The summed E-state index contributed by atoms with van der Waals surface area (Å²) in [7, 11) is 2.22. The molecule has 9 aromatic rings. The lowest BCUT2D eigenvalue weighted by atomic mass is 9.80. The first-order valence-corrected chi connectivity index (χ1v) is 22.6. The topological polar surface area (TPSA) is 33.7 Å². The summed E-state index contributed by atoms with van der Waals surface area (Å²) in [5.41, 5.74) is 21.4. The second-order valence-corrected chi connectivity index (χ2v) is 19.1. The fraction of sp³-hybridized carbons (Fsp3) is 0.150. The Labute approximate surface area is 373 Å². The van der Waals surface area contributed by atoms with E-state index in [1.807, 2.05) is 12.1 Å². The highest BCUT2D eigenvalue weighted by molar-refractivity contribution is 6.14. The van der Waals surface area contributed by atoms with Gasteiger partial charge in [-0.3, -0.25) is 0 Å². The number of furan rings is 1. The van der Waals surface area contributed by atoms with Gasteiger partial charge in [0.25, 0.3) is 0 Å². The number of hydrogen-bond acceptors (Lipinski definition) is 3. The maximum Gasteiger partial charge on any atom is 0.203 e. The Bertz CT molecular complexity index is 3670. The first-order chi connectivity index (χ1) is 31.1. The Morgan fingerprint density at radius 2 is 1.17 bits per heavy atom. The largest absolute Gasteiger partial charge is 0.456 e. The van der Waals surface area contributed by atoms with Crippen LogP contribution in [-0.4, -0.2) is 22.2 Å². The van der Waals surface area contributed by atoms with E-state index >= 15 is 0 Å². The molecular formula is C60H47N3O. The van der Waals surface area contributed by atoms with Gasteiger partial charge in [-0.2, -0.15) is 0 Å². The number of hydrogen-bond donors (Lipinski definition) is 0. The van der Waals surface area contributed by atoms with Crippen molar-refractivity contribution in [3.05, 3.63) is 215 Å². The van der Waals surface area contributed by atoms with E-state index in [-0.39, 0.29) is 17.1 Å². The van der Waals surface area contributed by atoms with Crippen molar-refractivity contribution in [2.45, 2.75) is 51.2 Å². The number of fused-ring (bicyclic) bond motifs is 11. The smallest absolute Gasteiger partial charge is 0.203 e. The summed E-state index contributed by atoms with van der Waals surface area (Å²) >= 11 is 0. The third-order valence-electron chi connectivity index (χ3n) is 14.9. The summed E-state index contributed by atoms with van der Waals surface area (Å²) in [6.07, 6.45) is 12.2. The summed E-state index contributed by atoms with van der Waals surface area (Å²) in [5, 5.41) is 4.68. The standard InChI is InChI=1S/C60H47N3O/c1-59(2)49-20-12-9-16-41(49)42-27-23-38(33-50(42)59)52-35-55(39-24-28-43-40-15-7-6-8-19-48(40)60(3,4)51(43)34-39)62(5)58(61-52)63-53-21-13-10-17-44(53)46-31-36(25-29-54(46)63)37-26-30-57-47(32-37)45-18-11-14-22-56(45)64-57/h7-35,58H,6H2,1-5H3. The van der Waals surface area contributed by atoms with Crippen LogP contribution >= 0.6 is 0 Å². The third-order valence-corrected chi connectivity index (χ3v) is 14.9. The molecule has 1 aliphatic heterocycles. The third kappa shape index (κ3) is 5.20. The Kier molecular flexibility index (Phi) is 7.72. The number of aromatic nitrogens is 1. The number of rotatable bonds is 4. The normalized spacial score (nSPS) is 18.1. The molecule has 3 aliphatic carbocycles. The fourth-order valence-electron chi connectivity index (χ4n) is 11.5. The van der Waals surface area contributed by atoms with E-state index < -0.39 is 0 Å². The summed E-state index contributed by atoms with van der Waals surface area (Å²) in [4.78, 5) is 8.16. The van der Waals surface area contributed by atoms with Crippen LogP contribution in [0.5, 0.6) is 0 Å². The average Bonchev–Trinajstić information content (AvgIpc) is 3.90. The molecule has 4 aliphatic rings. The number of nitrogens with zero attached hydrogens (tertiary/aromatic N) is 3. The molecule has 1 atom stereocenters.